The summed E-state index contributed by atoms with van der Waals surface area (Å²) in [6, 6.07) is 30.7. The van der Waals surface area contributed by atoms with Crippen LogP contribution in [0.3, 0.4) is 0 Å². The Morgan fingerprint density at radius 2 is 1.33 bits per heavy atom. The lowest BCUT2D eigenvalue weighted by Gasteiger charge is -2.32. The molecule has 0 saturated carbocycles. The fourth-order valence-corrected chi connectivity index (χ4v) is 5.65. The van der Waals surface area contributed by atoms with Crippen LogP contribution in [-0.2, 0) is 22.3 Å². The number of hydrogen-bond acceptors (Lipinski definition) is 2. The van der Waals surface area contributed by atoms with Gasteiger partial charge < -0.3 is 9.47 Å². The molecule has 3 unspecified atom stereocenters. The van der Waals surface area contributed by atoms with Gasteiger partial charge in [-0.15, -0.1) is 0 Å². The van der Waals surface area contributed by atoms with Gasteiger partial charge in [-0.2, -0.15) is 0 Å². The monoisotopic (exact) mass is 520 g/mol. The Balaban J connectivity index is 1.40. The first-order chi connectivity index (χ1) is 18.5. The van der Waals surface area contributed by atoms with Crippen LogP contribution in [0.1, 0.15) is 76.8 Å². The van der Waals surface area contributed by atoms with Gasteiger partial charge in [0.05, 0.1) is 18.8 Å². The molecule has 2 heteroatoms. The zero-order valence-corrected chi connectivity index (χ0v) is 24.8. The molecule has 0 saturated heterocycles. The van der Waals surface area contributed by atoms with Gasteiger partial charge in [0.15, 0.2) is 0 Å². The number of fused-ring (bicyclic) bond motifs is 4. The van der Waals surface area contributed by atoms with E-state index in [2.05, 4.69) is 133 Å². The maximum Gasteiger partial charge on any atom is 0.109 e. The van der Waals surface area contributed by atoms with Crippen LogP contribution in [-0.4, -0.2) is 18.8 Å². The zero-order valence-electron chi connectivity index (χ0n) is 24.8. The number of hydrogen-bond donors (Lipinski definition) is 0. The van der Waals surface area contributed by atoms with Crippen molar-refractivity contribution in [2.24, 2.45) is 10.8 Å². The first-order valence-electron chi connectivity index (χ1n) is 14.5. The van der Waals surface area contributed by atoms with Crippen molar-refractivity contribution >= 4 is 10.8 Å². The third-order valence-corrected chi connectivity index (χ3v) is 8.48. The molecule has 0 N–H and O–H groups in total. The van der Waals surface area contributed by atoms with Crippen LogP contribution >= 0.6 is 0 Å². The second-order valence-corrected chi connectivity index (χ2v) is 13.3. The summed E-state index contributed by atoms with van der Waals surface area (Å²) in [5.74, 6) is 0. The molecule has 5 rings (SSSR count). The van der Waals surface area contributed by atoms with Crippen molar-refractivity contribution in [1.82, 2.24) is 0 Å². The third-order valence-electron chi connectivity index (χ3n) is 8.48. The molecule has 0 bridgehead atoms. The second-order valence-electron chi connectivity index (χ2n) is 13.3. The molecule has 1 aliphatic carbocycles. The van der Waals surface area contributed by atoms with E-state index < -0.39 is 0 Å². The minimum absolute atomic E-state index is 0.0102. The topological polar surface area (TPSA) is 18.5 Å². The van der Waals surface area contributed by atoms with E-state index >= 15 is 0 Å². The van der Waals surface area contributed by atoms with Gasteiger partial charge >= 0.3 is 0 Å². The van der Waals surface area contributed by atoms with Gasteiger partial charge in [0.25, 0.3) is 0 Å². The van der Waals surface area contributed by atoms with E-state index in [0.29, 0.717) is 6.61 Å². The van der Waals surface area contributed by atoms with E-state index in [1.54, 1.807) is 0 Å². The van der Waals surface area contributed by atoms with Crippen molar-refractivity contribution in [3.63, 3.8) is 0 Å². The van der Waals surface area contributed by atoms with Gasteiger partial charge in [0.2, 0.25) is 0 Å². The smallest absolute Gasteiger partial charge is 0.109 e. The molecule has 39 heavy (non-hydrogen) atoms. The van der Waals surface area contributed by atoms with Crippen molar-refractivity contribution in [3.8, 4) is 11.1 Å². The van der Waals surface area contributed by atoms with Crippen molar-refractivity contribution in [3.05, 3.63) is 107 Å². The summed E-state index contributed by atoms with van der Waals surface area (Å²) in [5.41, 5.74) is 7.99. The predicted molar refractivity (Wildman–Crippen MR) is 164 cm³/mol. The molecule has 0 amide bonds. The molecular formula is C37H44O2. The van der Waals surface area contributed by atoms with E-state index in [1.165, 1.54) is 44.2 Å². The Morgan fingerprint density at radius 3 is 2.10 bits per heavy atom. The summed E-state index contributed by atoms with van der Waals surface area (Å²) in [5, 5.41) is 2.61. The highest BCUT2D eigenvalue weighted by Gasteiger charge is 2.35. The SMILES string of the molecule is CC(OC1c2ccccc2-c2c(CC(OCCc3cccc4ccccc34)C(C)(C)C)cccc21)C(C)(C)C. The van der Waals surface area contributed by atoms with Gasteiger partial charge in [-0.3, -0.25) is 0 Å². The average molecular weight is 521 g/mol. The predicted octanol–water partition coefficient (Wildman–Crippen LogP) is 9.58. The van der Waals surface area contributed by atoms with Gasteiger partial charge in [0, 0.05) is 0 Å². The molecule has 2 nitrogen and oxygen atoms in total. The summed E-state index contributed by atoms with van der Waals surface area (Å²) in [6.07, 6.45) is 1.97. The maximum atomic E-state index is 6.77. The summed E-state index contributed by atoms with van der Waals surface area (Å²) >= 11 is 0. The first kappa shape index (κ1) is 27.6. The highest BCUT2D eigenvalue weighted by Crippen LogP contribution is 2.49. The highest BCUT2D eigenvalue weighted by atomic mass is 16.5. The fraction of sp³-hybridized carbons (Fsp3) is 0.405. The molecule has 1 aliphatic rings. The van der Waals surface area contributed by atoms with Gasteiger partial charge in [-0.25, -0.2) is 0 Å². The van der Waals surface area contributed by atoms with Gasteiger partial charge in [-0.05, 0) is 74.7 Å². The van der Waals surface area contributed by atoms with E-state index in [4.69, 9.17) is 9.47 Å². The quantitative estimate of drug-likeness (QED) is 0.230. The zero-order chi connectivity index (χ0) is 27.8. The van der Waals surface area contributed by atoms with Crippen LogP contribution < -0.4 is 0 Å². The van der Waals surface area contributed by atoms with Crippen LogP contribution in [0.15, 0.2) is 84.9 Å². The lowest BCUT2D eigenvalue weighted by molar-refractivity contribution is -0.0387. The summed E-state index contributed by atoms with van der Waals surface area (Å²) in [6.45, 7) is 16.5. The number of benzene rings is 4. The van der Waals surface area contributed by atoms with Crippen LogP contribution in [0.2, 0.25) is 0 Å². The average Bonchev–Trinajstić information content (AvgIpc) is 3.21. The number of ether oxygens (including phenoxy) is 2. The Bertz CT molecular complexity index is 1430. The molecule has 0 heterocycles. The Kier molecular flexibility index (Phi) is 7.73. The second kappa shape index (κ2) is 10.9. The molecule has 0 fully saturated rings. The Labute approximate surface area is 235 Å². The molecule has 204 valence electrons. The van der Waals surface area contributed by atoms with Crippen LogP contribution in [0.25, 0.3) is 21.9 Å². The van der Waals surface area contributed by atoms with Crippen molar-refractivity contribution < 1.29 is 9.47 Å². The van der Waals surface area contributed by atoms with Crippen molar-refractivity contribution in [1.29, 1.82) is 0 Å². The largest absolute Gasteiger partial charge is 0.377 e. The highest BCUT2D eigenvalue weighted by molar-refractivity contribution is 5.85. The van der Waals surface area contributed by atoms with Crippen LogP contribution in [0.4, 0.5) is 0 Å². The molecule has 0 spiro atoms. The lowest BCUT2D eigenvalue weighted by Crippen LogP contribution is -2.32. The Morgan fingerprint density at radius 1 is 0.692 bits per heavy atom. The first-order valence-corrected chi connectivity index (χ1v) is 14.5. The van der Waals surface area contributed by atoms with E-state index in [1.807, 2.05) is 0 Å². The van der Waals surface area contributed by atoms with Gasteiger partial charge in [0.1, 0.15) is 6.10 Å². The van der Waals surface area contributed by atoms with Crippen molar-refractivity contribution in [2.75, 3.05) is 6.61 Å². The fourth-order valence-electron chi connectivity index (χ4n) is 5.65. The van der Waals surface area contributed by atoms with Crippen molar-refractivity contribution in [2.45, 2.75) is 79.6 Å². The minimum Gasteiger partial charge on any atom is -0.377 e. The summed E-state index contributed by atoms with van der Waals surface area (Å²) in [4.78, 5) is 0. The minimum atomic E-state index is -0.0364. The van der Waals surface area contributed by atoms with Crippen LogP contribution in [0, 0.1) is 10.8 Å². The summed E-state index contributed by atoms with van der Waals surface area (Å²) < 4.78 is 13.5. The van der Waals surface area contributed by atoms with Crippen LogP contribution in [0.5, 0.6) is 0 Å². The van der Waals surface area contributed by atoms with E-state index in [0.717, 1.165) is 12.8 Å². The normalized spacial score (nSPS) is 16.6. The molecule has 0 aliphatic heterocycles. The lowest BCUT2D eigenvalue weighted by atomic mass is 9.83. The maximum absolute atomic E-state index is 6.77. The van der Waals surface area contributed by atoms with E-state index in [9.17, 15) is 0 Å². The third kappa shape index (κ3) is 5.83. The molecule has 4 aromatic carbocycles. The van der Waals surface area contributed by atoms with Gasteiger partial charge in [-0.1, -0.05) is 126 Å². The van der Waals surface area contributed by atoms with E-state index in [-0.39, 0.29) is 29.1 Å². The molecule has 0 radical (unpaired) electrons. The molecule has 3 atom stereocenters. The standard InChI is InChI=1S/C37H44O2/c1-25(36(2,3)4)39-35-31-20-11-10-19-30(31)34-28(17-13-21-32(34)35)24-33(37(5,6)7)38-23-22-27-16-12-15-26-14-8-9-18-29(26)27/h8-21,25,33,35H,22-24H2,1-7H3. The number of rotatable bonds is 8. The summed E-state index contributed by atoms with van der Waals surface area (Å²) in [7, 11) is 0. The molecule has 0 aromatic heterocycles. The molecule has 4 aromatic rings. The Hall–Kier alpha value is -2.94. The molecular weight excluding hydrogens is 476 g/mol.